The SMILES string of the molecule is Cc1ccc(S(=O)(=O)N(CC(=O)Nc2ccc(S(=O)(=O)N3CCCCCC3)cc2)c2cccc(Cl)c2C)cc1. The molecule has 1 heterocycles. The second-order valence-electron chi connectivity index (χ2n) is 9.60. The van der Waals surface area contributed by atoms with Crippen LogP contribution in [0.4, 0.5) is 11.4 Å². The van der Waals surface area contributed by atoms with E-state index in [0.717, 1.165) is 35.6 Å². The van der Waals surface area contributed by atoms with E-state index in [0.29, 0.717) is 29.4 Å². The Morgan fingerprint density at radius 2 is 1.44 bits per heavy atom. The number of carbonyl (C=O) groups is 1. The number of sulfonamides is 2. The Labute approximate surface area is 235 Å². The number of halogens is 1. The summed E-state index contributed by atoms with van der Waals surface area (Å²) in [4.78, 5) is 13.3. The van der Waals surface area contributed by atoms with Crippen molar-refractivity contribution in [3.63, 3.8) is 0 Å². The molecule has 1 aliphatic rings. The van der Waals surface area contributed by atoms with E-state index in [1.165, 1.54) is 40.7 Å². The van der Waals surface area contributed by atoms with Crippen LogP contribution in [0.2, 0.25) is 5.02 Å². The zero-order valence-corrected chi connectivity index (χ0v) is 24.3. The van der Waals surface area contributed by atoms with E-state index < -0.39 is 32.5 Å². The molecule has 0 atom stereocenters. The fraction of sp³-hybridized carbons (Fsp3) is 0.321. The average molecular weight is 590 g/mol. The summed E-state index contributed by atoms with van der Waals surface area (Å²) in [5.74, 6) is -0.590. The van der Waals surface area contributed by atoms with E-state index in [2.05, 4.69) is 5.32 Å². The summed E-state index contributed by atoms with van der Waals surface area (Å²) in [7, 11) is -7.74. The molecule has 4 rings (SSSR count). The summed E-state index contributed by atoms with van der Waals surface area (Å²) in [6.45, 7) is 4.03. The molecule has 1 saturated heterocycles. The van der Waals surface area contributed by atoms with Crippen LogP contribution in [0.3, 0.4) is 0 Å². The number of rotatable bonds is 8. The topological polar surface area (TPSA) is 104 Å². The lowest BCUT2D eigenvalue weighted by molar-refractivity contribution is -0.114. The monoisotopic (exact) mass is 589 g/mol. The van der Waals surface area contributed by atoms with Crippen LogP contribution in [0.1, 0.15) is 36.8 Å². The number of anilines is 2. The molecular formula is C28H32ClN3O5S2. The third kappa shape index (κ3) is 6.63. The Bertz CT molecular complexity index is 1530. The molecule has 39 heavy (non-hydrogen) atoms. The van der Waals surface area contributed by atoms with Crippen LogP contribution in [-0.4, -0.2) is 46.7 Å². The molecule has 0 aliphatic carbocycles. The van der Waals surface area contributed by atoms with Gasteiger partial charge in [-0.05, 0) is 80.8 Å². The minimum absolute atomic E-state index is 0.0448. The number of amides is 1. The minimum atomic E-state index is -4.11. The molecular weight excluding hydrogens is 558 g/mol. The maximum absolute atomic E-state index is 13.7. The van der Waals surface area contributed by atoms with E-state index in [1.54, 1.807) is 37.3 Å². The fourth-order valence-electron chi connectivity index (χ4n) is 4.48. The first-order chi connectivity index (χ1) is 18.5. The molecule has 0 bridgehead atoms. The standard InChI is InChI=1S/C28H32ClN3O5S2/c1-21-10-14-25(15-11-21)39(36,37)32(27-9-7-8-26(29)22(27)2)20-28(33)30-23-12-16-24(17-13-23)38(34,35)31-18-5-3-4-6-19-31/h7-17H,3-6,18-20H2,1-2H3,(H,30,33). The Kier molecular flexibility index (Phi) is 9.00. The molecule has 0 aromatic heterocycles. The summed E-state index contributed by atoms with van der Waals surface area (Å²) in [5.41, 5.74) is 2.06. The van der Waals surface area contributed by atoms with Gasteiger partial charge in [0.2, 0.25) is 15.9 Å². The van der Waals surface area contributed by atoms with Gasteiger partial charge in [0.15, 0.2) is 0 Å². The average Bonchev–Trinajstić information content (AvgIpc) is 3.20. The lowest BCUT2D eigenvalue weighted by Crippen LogP contribution is -2.38. The van der Waals surface area contributed by atoms with Crippen molar-refractivity contribution >= 4 is 48.9 Å². The highest BCUT2D eigenvalue weighted by atomic mass is 35.5. The molecule has 0 radical (unpaired) electrons. The quantitative estimate of drug-likeness (QED) is 0.381. The van der Waals surface area contributed by atoms with Crippen LogP contribution < -0.4 is 9.62 Å². The molecule has 8 nitrogen and oxygen atoms in total. The van der Waals surface area contributed by atoms with Crippen LogP contribution in [0, 0.1) is 13.8 Å². The van der Waals surface area contributed by atoms with Crippen molar-refractivity contribution in [2.24, 2.45) is 0 Å². The lowest BCUT2D eigenvalue weighted by Gasteiger charge is -2.26. The third-order valence-corrected chi connectivity index (χ3v) is 10.8. The zero-order valence-electron chi connectivity index (χ0n) is 21.9. The largest absolute Gasteiger partial charge is 0.325 e. The number of hydrogen-bond donors (Lipinski definition) is 1. The van der Waals surface area contributed by atoms with Crippen molar-refractivity contribution in [3.8, 4) is 0 Å². The van der Waals surface area contributed by atoms with Crippen molar-refractivity contribution in [3.05, 3.63) is 82.9 Å². The molecule has 0 unspecified atom stereocenters. The van der Waals surface area contributed by atoms with Gasteiger partial charge in [0, 0.05) is 23.8 Å². The van der Waals surface area contributed by atoms with Gasteiger partial charge in [-0.1, -0.05) is 48.2 Å². The van der Waals surface area contributed by atoms with E-state index >= 15 is 0 Å². The second kappa shape index (κ2) is 12.1. The Balaban J connectivity index is 1.57. The Morgan fingerprint density at radius 1 is 0.846 bits per heavy atom. The summed E-state index contributed by atoms with van der Waals surface area (Å²) in [6.07, 6.45) is 3.70. The Hall–Kier alpha value is -2.92. The minimum Gasteiger partial charge on any atom is -0.325 e. The highest BCUT2D eigenvalue weighted by molar-refractivity contribution is 7.92. The molecule has 1 N–H and O–H groups in total. The molecule has 1 fully saturated rings. The van der Waals surface area contributed by atoms with Gasteiger partial charge < -0.3 is 5.32 Å². The summed E-state index contributed by atoms with van der Waals surface area (Å²) in [5, 5.41) is 3.06. The number of hydrogen-bond acceptors (Lipinski definition) is 5. The fourth-order valence-corrected chi connectivity index (χ4v) is 7.64. The van der Waals surface area contributed by atoms with E-state index in [-0.39, 0.29) is 15.5 Å². The molecule has 3 aromatic rings. The third-order valence-electron chi connectivity index (χ3n) is 6.74. The van der Waals surface area contributed by atoms with Crippen molar-refractivity contribution in [1.29, 1.82) is 0 Å². The number of carbonyl (C=O) groups excluding carboxylic acids is 1. The van der Waals surface area contributed by atoms with Crippen molar-refractivity contribution in [2.75, 3.05) is 29.3 Å². The van der Waals surface area contributed by atoms with E-state index in [4.69, 9.17) is 11.6 Å². The number of nitrogens with one attached hydrogen (secondary N) is 1. The number of benzene rings is 3. The van der Waals surface area contributed by atoms with Crippen LogP contribution in [-0.2, 0) is 24.8 Å². The number of aryl methyl sites for hydroxylation is 1. The second-order valence-corrected chi connectivity index (χ2v) is 13.8. The molecule has 1 aliphatic heterocycles. The van der Waals surface area contributed by atoms with Gasteiger partial charge >= 0.3 is 0 Å². The first-order valence-corrected chi connectivity index (χ1v) is 16.0. The zero-order chi connectivity index (χ0) is 28.2. The van der Waals surface area contributed by atoms with Gasteiger partial charge in [-0.15, -0.1) is 0 Å². The van der Waals surface area contributed by atoms with Gasteiger partial charge in [0.25, 0.3) is 10.0 Å². The van der Waals surface area contributed by atoms with Crippen molar-refractivity contribution in [2.45, 2.75) is 49.3 Å². The number of nitrogens with zero attached hydrogens (tertiary/aromatic N) is 2. The van der Waals surface area contributed by atoms with E-state index in [9.17, 15) is 21.6 Å². The van der Waals surface area contributed by atoms with Crippen LogP contribution >= 0.6 is 11.6 Å². The molecule has 0 spiro atoms. The van der Waals surface area contributed by atoms with Crippen molar-refractivity contribution in [1.82, 2.24) is 4.31 Å². The first kappa shape index (κ1) is 29.1. The smallest absolute Gasteiger partial charge is 0.264 e. The molecule has 3 aromatic carbocycles. The molecule has 208 valence electrons. The first-order valence-electron chi connectivity index (χ1n) is 12.7. The lowest BCUT2D eigenvalue weighted by atomic mass is 10.2. The van der Waals surface area contributed by atoms with Crippen LogP contribution in [0.5, 0.6) is 0 Å². The highest BCUT2D eigenvalue weighted by Gasteiger charge is 2.29. The molecule has 11 heteroatoms. The van der Waals surface area contributed by atoms with Crippen molar-refractivity contribution < 1.29 is 21.6 Å². The summed E-state index contributed by atoms with van der Waals surface area (Å²) >= 11 is 6.28. The molecule has 0 saturated carbocycles. The van der Waals surface area contributed by atoms with E-state index in [1.807, 2.05) is 6.92 Å². The predicted octanol–water partition coefficient (Wildman–Crippen LogP) is 5.36. The van der Waals surface area contributed by atoms with Gasteiger partial charge in [-0.2, -0.15) is 4.31 Å². The summed E-state index contributed by atoms with van der Waals surface area (Å²) < 4.78 is 56.0. The highest BCUT2D eigenvalue weighted by Crippen LogP contribution is 2.31. The maximum atomic E-state index is 13.7. The van der Waals surface area contributed by atoms with Gasteiger partial charge in [-0.3, -0.25) is 9.10 Å². The van der Waals surface area contributed by atoms with Gasteiger partial charge in [0.05, 0.1) is 15.5 Å². The van der Waals surface area contributed by atoms with Crippen LogP contribution in [0.15, 0.2) is 76.5 Å². The predicted molar refractivity (Wildman–Crippen MR) is 154 cm³/mol. The van der Waals surface area contributed by atoms with Gasteiger partial charge in [0.1, 0.15) is 6.54 Å². The molecule has 1 amide bonds. The Morgan fingerprint density at radius 3 is 2.05 bits per heavy atom. The summed E-state index contributed by atoms with van der Waals surface area (Å²) in [6, 6.07) is 17.2. The maximum Gasteiger partial charge on any atom is 0.264 e. The van der Waals surface area contributed by atoms with Gasteiger partial charge in [-0.25, -0.2) is 16.8 Å². The van der Waals surface area contributed by atoms with Crippen LogP contribution in [0.25, 0.3) is 0 Å². The normalized spacial score (nSPS) is 14.9.